The Hall–Kier alpha value is -1.62. The minimum Gasteiger partial charge on any atom is -0.493 e. The van der Waals surface area contributed by atoms with Crippen molar-refractivity contribution in [3.63, 3.8) is 0 Å². The lowest BCUT2D eigenvalue weighted by molar-refractivity contribution is 0.435. The van der Waals surface area contributed by atoms with Crippen LogP contribution in [0, 0.1) is 6.92 Å². The summed E-state index contributed by atoms with van der Waals surface area (Å²) >= 11 is 1.68. The number of nitrogens with zero attached hydrogens (tertiary/aromatic N) is 1. The van der Waals surface area contributed by atoms with Crippen molar-refractivity contribution in [2.24, 2.45) is 0 Å². The summed E-state index contributed by atoms with van der Waals surface area (Å²) in [6.45, 7) is 1.98. The molecule has 0 atom stereocenters. The minimum absolute atomic E-state index is 0.0119. The summed E-state index contributed by atoms with van der Waals surface area (Å²) in [5, 5.41) is 10.1. The highest BCUT2D eigenvalue weighted by Gasteiger charge is 2.13. The third-order valence-corrected chi connectivity index (χ3v) is 3.40. The first-order valence-electron chi connectivity index (χ1n) is 5.72. The maximum atomic E-state index is 11.8. The lowest BCUT2D eigenvalue weighted by Crippen LogP contribution is -2.14. The lowest BCUT2D eigenvalue weighted by atomic mass is 10.2. The Bertz CT molecular complexity index is 584. The molecule has 2 N–H and O–H groups in total. The first kappa shape index (κ1) is 12.8. The Balaban J connectivity index is 2.42. The van der Waals surface area contributed by atoms with E-state index in [2.05, 4.69) is 4.98 Å². The van der Waals surface area contributed by atoms with E-state index in [1.807, 2.05) is 37.4 Å². The van der Waals surface area contributed by atoms with Crippen molar-refractivity contribution >= 4 is 11.8 Å². The fourth-order valence-corrected chi connectivity index (χ4v) is 2.19. The quantitative estimate of drug-likeness (QED) is 0.889. The van der Waals surface area contributed by atoms with Crippen LogP contribution in [0.1, 0.15) is 11.3 Å². The molecule has 5 heteroatoms. The molecule has 1 aromatic carbocycles. The molecule has 0 amide bonds. The minimum atomic E-state index is -0.299. The van der Waals surface area contributed by atoms with E-state index >= 15 is 0 Å². The number of imidazole rings is 1. The fourth-order valence-electron chi connectivity index (χ4n) is 1.78. The Morgan fingerprint density at radius 1 is 1.33 bits per heavy atom. The first-order chi connectivity index (χ1) is 8.63. The van der Waals surface area contributed by atoms with Crippen molar-refractivity contribution in [3.8, 4) is 11.6 Å². The second-order valence-electron chi connectivity index (χ2n) is 4.15. The van der Waals surface area contributed by atoms with Crippen LogP contribution in [0.3, 0.4) is 0 Å². The van der Waals surface area contributed by atoms with Gasteiger partial charge in [-0.3, -0.25) is 0 Å². The second kappa shape index (κ2) is 5.35. The molecule has 2 aromatic rings. The highest BCUT2D eigenvalue weighted by atomic mass is 32.2. The number of nitrogens with one attached hydrogen (secondary N) is 1. The summed E-state index contributed by atoms with van der Waals surface area (Å²) in [4.78, 5) is 14.6. The molecule has 0 saturated heterocycles. The zero-order valence-corrected chi connectivity index (χ0v) is 11.3. The van der Waals surface area contributed by atoms with Crippen LogP contribution in [0.5, 0.6) is 5.88 Å². The van der Waals surface area contributed by atoms with Gasteiger partial charge in [-0.15, -0.1) is 0 Å². The number of H-pyrrole nitrogens is 1. The Morgan fingerprint density at radius 2 is 2.00 bits per heavy atom. The van der Waals surface area contributed by atoms with E-state index in [1.54, 1.807) is 11.8 Å². The summed E-state index contributed by atoms with van der Waals surface area (Å²) in [6.07, 6.45) is 2.65. The lowest BCUT2D eigenvalue weighted by Gasteiger charge is -2.04. The van der Waals surface area contributed by atoms with Crippen molar-refractivity contribution in [1.82, 2.24) is 9.55 Å². The molecular weight excluding hydrogens is 248 g/mol. The number of aromatic hydroxyl groups is 1. The molecule has 4 nitrogen and oxygen atoms in total. The van der Waals surface area contributed by atoms with E-state index in [0.717, 1.165) is 11.3 Å². The molecule has 1 aromatic heterocycles. The third-order valence-electron chi connectivity index (χ3n) is 2.79. The van der Waals surface area contributed by atoms with Gasteiger partial charge in [0, 0.05) is 6.42 Å². The van der Waals surface area contributed by atoms with Crippen molar-refractivity contribution in [3.05, 3.63) is 46.0 Å². The van der Waals surface area contributed by atoms with Gasteiger partial charge in [0.2, 0.25) is 5.88 Å². The molecule has 0 fully saturated rings. The van der Waals surface area contributed by atoms with Gasteiger partial charge in [0.15, 0.2) is 0 Å². The van der Waals surface area contributed by atoms with E-state index < -0.39 is 0 Å². The van der Waals surface area contributed by atoms with Gasteiger partial charge in [-0.05, 0) is 31.1 Å². The molecule has 2 rings (SSSR count). The van der Waals surface area contributed by atoms with Crippen LogP contribution in [0.2, 0.25) is 0 Å². The Morgan fingerprint density at radius 3 is 2.61 bits per heavy atom. The monoisotopic (exact) mass is 264 g/mol. The number of hydrogen-bond acceptors (Lipinski definition) is 3. The Kier molecular flexibility index (Phi) is 3.81. The molecule has 0 radical (unpaired) electrons. The average molecular weight is 264 g/mol. The summed E-state index contributed by atoms with van der Waals surface area (Å²) in [5.74, 6) is 0.874. The van der Waals surface area contributed by atoms with Gasteiger partial charge in [-0.1, -0.05) is 17.7 Å². The van der Waals surface area contributed by atoms with Crippen molar-refractivity contribution < 1.29 is 5.11 Å². The number of aromatic nitrogens is 2. The molecule has 0 bridgehead atoms. The standard InChI is InChI=1S/C13H16N2O2S/c1-9-3-5-10(6-4-9)15-12(16)11(7-8-18-2)14-13(15)17/h3-6,16H,7-8H2,1-2H3,(H,14,17). The molecule has 96 valence electrons. The number of rotatable bonds is 4. The van der Waals surface area contributed by atoms with Crippen LogP contribution in [0.4, 0.5) is 0 Å². The number of hydrogen-bond donors (Lipinski definition) is 2. The fraction of sp³-hybridized carbons (Fsp3) is 0.308. The van der Waals surface area contributed by atoms with Gasteiger partial charge >= 0.3 is 5.69 Å². The van der Waals surface area contributed by atoms with Gasteiger partial charge < -0.3 is 10.1 Å². The molecule has 0 unspecified atom stereocenters. The topological polar surface area (TPSA) is 58.0 Å². The molecular formula is C13H16N2O2S. The Labute approximate surface area is 110 Å². The molecule has 0 aliphatic carbocycles. The van der Waals surface area contributed by atoms with Crippen molar-refractivity contribution in [1.29, 1.82) is 0 Å². The van der Waals surface area contributed by atoms with Crippen LogP contribution in [-0.2, 0) is 6.42 Å². The predicted octanol–water partition coefficient (Wildman–Crippen LogP) is 2.09. The van der Waals surface area contributed by atoms with E-state index in [0.29, 0.717) is 17.8 Å². The van der Waals surface area contributed by atoms with Crippen LogP contribution in [0.25, 0.3) is 5.69 Å². The average Bonchev–Trinajstić information content (AvgIpc) is 2.63. The van der Waals surface area contributed by atoms with Gasteiger partial charge in [0.25, 0.3) is 0 Å². The summed E-state index contributed by atoms with van der Waals surface area (Å²) in [5.41, 5.74) is 2.08. The van der Waals surface area contributed by atoms with Crippen LogP contribution in [-0.4, -0.2) is 26.7 Å². The maximum absolute atomic E-state index is 11.8. The number of aromatic amines is 1. The SMILES string of the molecule is CSCCc1[nH]c(=O)n(-c2ccc(C)cc2)c1O. The van der Waals surface area contributed by atoms with Gasteiger partial charge in [-0.25, -0.2) is 9.36 Å². The highest BCUT2D eigenvalue weighted by molar-refractivity contribution is 7.98. The van der Waals surface area contributed by atoms with Crippen LogP contribution >= 0.6 is 11.8 Å². The molecule has 0 spiro atoms. The van der Waals surface area contributed by atoms with Gasteiger partial charge in [0.1, 0.15) is 0 Å². The maximum Gasteiger partial charge on any atom is 0.333 e. The van der Waals surface area contributed by atoms with Crippen LogP contribution < -0.4 is 5.69 Å². The van der Waals surface area contributed by atoms with E-state index in [4.69, 9.17) is 0 Å². The van der Waals surface area contributed by atoms with Crippen molar-refractivity contribution in [2.45, 2.75) is 13.3 Å². The normalized spacial score (nSPS) is 10.8. The number of thioether (sulfide) groups is 1. The number of aryl methyl sites for hydroxylation is 2. The number of benzene rings is 1. The molecule has 0 aliphatic rings. The first-order valence-corrected chi connectivity index (χ1v) is 7.11. The van der Waals surface area contributed by atoms with Gasteiger partial charge in [0.05, 0.1) is 11.4 Å². The van der Waals surface area contributed by atoms with E-state index in [9.17, 15) is 9.90 Å². The summed E-state index contributed by atoms with van der Waals surface area (Å²) in [7, 11) is 0. The molecule has 18 heavy (non-hydrogen) atoms. The summed E-state index contributed by atoms with van der Waals surface area (Å²) in [6, 6.07) is 7.47. The van der Waals surface area contributed by atoms with Crippen molar-refractivity contribution in [2.75, 3.05) is 12.0 Å². The highest BCUT2D eigenvalue weighted by Crippen LogP contribution is 2.19. The zero-order valence-electron chi connectivity index (χ0n) is 10.4. The van der Waals surface area contributed by atoms with Crippen LogP contribution in [0.15, 0.2) is 29.1 Å². The molecule has 0 saturated carbocycles. The smallest absolute Gasteiger partial charge is 0.333 e. The van der Waals surface area contributed by atoms with E-state index in [1.165, 1.54) is 4.57 Å². The zero-order chi connectivity index (χ0) is 13.1. The van der Waals surface area contributed by atoms with E-state index in [-0.39, 0.29) is 11.6 Å². The molecule has 0 aliphatic heterocycles. The predicted molar refractivity (Wildman–Crippen MR) is 74.9 cm³/mol. The third kappa shape index (κ3) is 2.46. The van der Waals surface area contributed by atoms with Gasteiger partial charge in [-0.2, -0.15) is 11.8 Å². The largest absolute Gasteiger partial charge is 0.493 e. The molecule has 1 heterocycles. The summed E-state index contributed by atoms with van der Waals surface area (Å²) < 4.78 is 1.30. The second-order valence-corrected chi connectivity index (χ2v) is 5.13.